The molecule has 0 saturated carbocycles. The van der Waals surface area contributed by atoms with Crippen LogP contribution in [0.5, 0.6) is 5.75 Å². The minimum absolute atomic E-state index is 0.00451. The van der Waals surface area contributed by atoms with Crippen molar-refractivity contribution in [1.29, 1.82) is 0 Å². The van der Waals surface area contributed by atoms with E-state index in [1.807, 2.05) is 18.2 Å². The Morgan fingerprint density at radius 1 is 1.32 bits per heavy atom. The number of aliphatic hydroxyl groups excluding tert-OH is 1. The molecule has 1 saturated heterocycles. The maximum absolute atomic E-state index is 10.9. The van der Waals surface area contributed by atoms with Crippen LogP contribution in [0.3, 0.4) is 0 Å². The van der Waals surface area contributed by atoms with E-state index < -0.39 is 11.0 Å². The molecule has 0 radical (unpaired) electrons. The lowest BCUT2D eigenvalue weighted by Crippen LogP contribution is -2.26. The first kappa shape index (κ1) is 17.4. The monoisotopic (exact) mass is 342 g/mol. The molecule has 0 spiro atoms. The number of benzene rings is 2. The second kappa shape index (κ2) is 7.63. The summed E-state index contributed by atoms with van der Waals surface area (Å²) < 4.78 is 5.45. The summed E-state index contributed by atoms with van der Waals surface area (Å²) in [6, 6.07) is 14.2. The predicted molar refractivity (Wildman–Crippen MR) is 94.8 cm³/mol. The van der Waals surface area contributed by atoms with Crippen LogP contribution >= 0.6 is 0 Å². The van der Waals surface area contributed by atoms with Crippen LogP contribution in [0.2, 0.25) is 0 Å². The van der Waals surface area contributed by atoms with Gasteiger partial charge in [0.1, 0.15) is 5.75 Å². The number of para-hydroxylation sites is 1. The van der Waals surface area contributed by atoms with Crippen LogP contribution in [0.25, 0.3) is 0 Å². The van der Waals surface area contributed by atoms with Crippen molar-refractivity contribution in [1.82, 2.24) is 4.90 Å². The average molecular weight is 342 g/mol. The number of β-amino-alcohol motifs (C(OH)–C–C–N with tert-alkyl or cyclic N) is 1. The Bertz CT molecular complexity index is 750. The van der Waals surface area contributed by atoms with Crippen LogP contribution in [-0.2, 0) is 0 Å². The van der Waals surface area contributed by atoms with Gasteiger partial charge >= 0.3 is 0 Å². The van der Waals surface area contributed by atoms with E-state index in [2.05, 4.69) is 11.0 Å². The number of rotatable bonds is 6. The molecule has 2 aromatic rings. The van der Waals surface area contributed by atoms with Crippen LogP contribution in [0.15, 0.2) is 48.5 Å². The fourth-order valence-electron chi connectivity index (χ4n) is 3.45. The fourth-order valence-corrected chi connectivity index (χ4v) is 3.45. The summed E-state index contributed by atoms with van der Waals surface area (Å²) in [4.78, 5) is 12.6. The van der Waals surface area contributed by atoms with Gasteiger partial charge in [-0.2, -0.15) is 0 Å². The van der Waals surface area contributed by atoms with Crippen molar-refractivity contribution in [3.63, 3.8) is 0 Å². The molecule has 1 aliphatic rings. The van der Waals surface area contributed by atoms with Gasteiger partial charge in [0.2, 0.25) is 0 Å². The van der Waals surface area contributed by atoms with Gasteiger partial charge in [0.25, 0.3) is 5.69 Å². The molecule has 0 aliphatic carbocycles. The van der Waals surface area contributed by atoms with E-state index in [1.165, 1.54) is 17.7 Å². The summed E-state index contributed by atoms with van der Waals surface area (Å²) in [6.07, 6.45) is 0.262. The Kier molecular flexibility index (Phi) is 5.31. The molecule has 132 valence electrons. The zero-order valence-electron chi connectivity index (χ0n) is 14.2. The third kappa shape index (κ3) is 3.97. The van der Waals surface area contributed by atoms with Crippen LogP contribution in [-0.4, -0.2) is 41.7 Å². The number of hydrogen-bond donors (Lipinski definition) is 1. The zero-order valence-corrected chi connectivity index (χ0v) is 14.2. The molecule has 1 N–H and O–H groups in total. The Balaban J connectivity index is 1.65. The van der Waals surface area contributed by atoms with Crippen molar-refractivity contribution in [3.05, 3.63) is 69.8 Å². The summed E-state index contributed by atoms with van der Waals surface area (Å²) >= 11 is 0. The first-order chi connectivity index (χ1) is 12.1. The number of non-ortho nitro benzene ring substituents is 1. The molecule has 0 amide bonds. The lowest BCUT2D eigenvalue weighted by molar-refractivity contribution is -0.385. The van der Waals surface area contributed by atoms with E-state index in [0.717, 1.165) is 25.3 Å². The third-order valence-electron chi connectivity index (χ3n) is 4.75. The summed E-state index contributed by atoms with van der Waals surface area (Å²) in [7, 11) is 1.68. The Labute approximate surface area is 146 Å². The van der Waals surface area contributed by atoms with Crippen molar-refractivity contribution in [2.24, 2.45) is 0 Å². The molecular weight excluding hydrogens is 320 g/mol. The molecule has 2 aromatic carbocycles. The minimum atomic E-state index is -0.740. The number of nitro benzene ring substituents is 1. The molecule has 1 fully saturated rings. The second-order valence-electron chi connectivity index (χ2n) is 6.36. The molecule has 1 aliphatic heterocycles. The number of hydrogen-bond acceptors (Lipinski definition) is 5. The number of ether oxygens (including phenoxy) is 1. The van der Waals surface area contributed by atoms with E-state index in [0.29, 0.717) is 18.0 Å². The molecule has 2 unspecified atom stereocenters. The summed E-state index contributed by atoms with van der Waals surface area (Å²) in [5, 5.41) is 21.3. The predicted octanol–water partition coefficient (Wildman–Crippen LogP) is 3.13. The lowest BCUT2D eigenvalue weighted by Gasteiger charge is -2.21. The molecule has 25 heavy (non-hydrogen) atoms. The number of nitrogens with zero attached hydrogens (tertiary/aromatic N) is 2. The zero-order chi connectivity index (χ0) is 17.8. The molecular formula is C19H22N2O4. The first-order valence-corrected chi connectivity index (χ1v) is 8.36. The van der Waals surface area contributed by atoms with Crippen molar-refractivity contribution in [2.45, 2.75) is 18.4 Å². The quantitative estimate of drug-likeness (QED) is 0.645. The third-order valence-corrected chi connectivity index (χ3v) is 4.75. The second-order valence-corrected chi connectivity index (χ2v) is 6.36. The van der Waals surface area contributed by atoms with Gasteiger partial charge in [-0.1, -0.05) is 30.3 Å². The van der Waals surface area contributed by atoms with E-state index in [4.69, 9.17) is 4.74 Å². The first-order valence-electron chi connectivity index (χ1n) is 8.36. The van der Waals surface area contributed by atoms with Crippen molar-refractivity contribution >= 4 is 5.69 Å². The normalized spacial score (nSPS) is 18.9. The molecule has 0 aromatic heterocycles. The number of likely N-dealkylation sites (tertiary alicyclic amines) is 1. The van der Waals surface area contributed by atoms with Gasteiger partial charge in [-0.25, -0.2) is 0 Å². The fraction of sp³-hybridized carbons (Fsp3) is 0.368. The van der Waals surface area contributed by atoms with E-state index in [-0.39, 0.29) is 5.69 Å². The standard InChI is InChI=1S/C19H22N2O4/c1-25-19-8-3-2-7-17(19)15-9-10-20(12-15)13-18(22)14-5-4-6-16(11-14)21(23)24/h2-8,11,15,18,22H,9-10,12-13H2,1H3. The van der Waals surface area contributed by atoms with Gasteiger partial charge in [0, 0.05) is 31.1 Å². The van der Waals surface area contributed by atoms with Gasteiger partial charge in [-0.3, -0.25) is 15.0 Å². The van der Waals surface area contributed by atoms with Gasteiger partial charge in [-0.05, 0) is 30.2 Å². The van der Waals surface area contributed by atoms with Crippen molar-refractivity contribution in [2.75, 3.05) is 26.7 Å². The maximum Gasteiger partial charge on any atom is 0.269 e. The number of methoxy groups -OCH3 is 1. The van der Waals surface area contributed by atoms with Crippen molar-refractivity contribution < 1.29 is 14.8 Å². The topological polar surface area (TPSA) is 75.8 Å². The highest BCUT2D eigenvalue weighted by Gasteiger charge is 2.27. The SMILES string of the molecule is COc1ccccc1C1CCN(CC(O)c2cccc([N+](=O)[O-])c2)C1. The number of aliphatic hydroxyl groups is 1. The lowest BCUT2D eigenvalue weighted by atomic mass is 9.97. The Morgan fingerprint density at radius 2 is 2.12 bits per heavy atom. The molecule has 0 bridgehead atoms. The van der Waals surface area contributed by atoms with Crippen LogP contribution in [0, 0.1) is 10.1 Å². The average Bonchev–Trinajstić information content (AvgIpc) is 3.10. The Hall–Kier alpha value is -2.44. The molecule has 3 rings (SSSR count). The largest absolute Gasteiger partial charge is 0.496 e. The van der Waals surface area contributed by atoms with Crippen LogP contribution in [0.4, 0.5) is 5.69 Å². The highest BCUT2D eigenvalue weighted by molar-refractivity contribution is 5.37. The maximum atomic E-state index is 10.9. The van der Waals surface area contributed by atoms with Gasteiger partial charge in [0.15, 0.2) is 0 Å². The molecule has 1 heterocycles. The van der Waals surface area contributed by atoms with Gasteiger partial charge in [0.05, 0.1) is 18.1 Å². The van der Waals surface area contributed by atoms with Gasteiger partial charge in [-0.15, -0.1) is 0 Å². The summed E-state index contributed by atoms with van der Waals surface area (Å²) in [6.45, 7) is 2.19. The minimum Gasteiger partial charge on any atom is -0.496 e. The van der Waals surface area contributed by atoms with E-state index >= 15 is 0 Å². The van der Waals surface area contributed by atoms with Gasteiger partial charge < -0.3 is 9.84 Å². The smallest absolute Gasteiger partial charge is 0.269 e. The summed E-state index contributed by atoms with van der Waals surface area (Å²) in [5.74, 6) is 1.27. The summed E-state index contributed by atoms with van der Waals surface area (Å²) in [5.41, 5.74) is 1.78. The van der Waals surface area contributed by atoms with E-state index in [1.54, 1.807) is 19.2 Å². The van der Waals surface area contributed by atoms with Crippen molar-refractivity contribution in [3.8, 4) is 5.75 Å². The molecule has 2 atom stereocenters. The highest BCUT2D eigenvalue weighted by atomic mass is 16.6. The molecule has 6 heteroatoms. The highest BCUT2D eigenvalue weighted by Crippen LogP contribution is 2.34. The number of nitro groups is 1. The van der Waals surface area contributed by atoms with Crippen LogP contribution < -0.4 is 4.74 Å². The molecule has 6 nitrogen and oxygen atoms in total. The Morgan fingerprint density at radius 3 is 2.88 bits per heavy atom. The van der Waals surface area contributed by atoms with E-state index in [9.17, 15) is 15.2 Å². The van der Waals surface area contributed by atoms with Crippen LogP contribution in [0.1, 0.15) is 29.6 Å².